The van der Waals surface area contributed by atoms with E-state index in [1.54, 1.807) is 12.1 Å². The van der Waals surface area contributed by atoms with Gasteiger partial charge in [0.2, 0.25) is 0 Å². The van der Waals surface area contributed by atoms with Gasteiger partial charge >= 0.3 is 6.09 Å². The fraction of sp³-hybridized carbons (Fsp3) is 0.273. The molecular formula is C11H14NO2. The first kappa shape index (κ1) is 10.6. The van der Waals surface area contributed by atoms with E-state index < -0.39 is 6.09 Å². The smallest absolute Gasteiger partial charge is 0.411 e. The van der Waals surface area contributed by atoms with E-state index in [0.717, 1.165) is 17.7 Å². The number of hydrogen-bond donors (Lipinski definition) is 1. The van der Waals surface area contributed by atoms with Crippen LogP contribution in [0.1, 0.15) is 18.9 Å². The van der Waals surface area contributed by atoms with E-state index in [-0.39, 0.29) is 0 Å². The highest BCUT2D eigenvalue weighted by Gasteiger charge is 2.00. The van der Waals surface area contributed by atoms with Gasteiger partial charge in [0.05, 0.1) is 6.61 Å². The molecule has 0 atom stereocenters. The first-order valence-electron chi connectivity index (χ1n) is 4.58. The van der Waals surface area contributed by atoms with Crippen LogP contribution in [-0.4, -0.2) is 12.7 Å². The molecule has 0 aromatic heterocycles. The van der Waals surface area contributed by atoms with Crippen molar-refractivity contribution in [2.24, 2.45) is 0 Å². The summed E-state index contributed by atoms with van der Waals surface area (Å²) in [6.45, 7) is 6.14. The second kappa shape index (κ2) is 5.27. The van der Waals surface area contributed by atoms with Gasteiger partial charge in [-0.25, -0.2) is 4.79 Å². The standard InChI is InChI=1S/C11H14NO2/c1-3-8-14-11(13)12-10-6-4-9(2)5-7-10/h4-7H,2-3,8H2,1H3,(H,12,13). The molecule has 1 aromatic carbocycles. The highest BCUT2D eigenvalue weighted by Crippen LogP contribution is 2.08. The van der Waals surface area contributed by atoms with Crippen molar-refractivity contribution in [1.82, 2.24) is 0 Å². The summed E-state index contributed by atoms with van der Waals surface area (Å²) >= 11 is 0. The first-order valence-corrected chi connectivity index (χ1v) is 4.58. The van der Waals surface area contributed by atoms with Gasteiger partial charge in [0.25, 0.3) is 0 Å². The van der Waals surface area contributed by atoms with Crippen molar-refractivity contribution in [3.63, 3.8) is 0 Å². The number of carbonyl (C=O) groups excluding carboxylic acids is 1. The van der Waals surface area contributed by atoms with E-state index in [1.807, 2.05) is 19.1 Å². The van der Waals surface area contributed by atoms with Crippen LogP contribution in [0.15, 0.2) is 24.3 Å². The van der Waals surface area contributed by atoms with Gasteiger partial charge in [-0.1, -0.05) is 19.1 Å². The average Bonchev–Trinajstić information content (AvgIpc) is 2.18. The molecule has 3 heteroatoms. The maximum atomic E-state index is 11.1. The van der Waals surface area contributed by atoms with Gasteiger partial charge in [0.15, 0.2) is 0 Å². The lowest BCUT2D eigenvalue weighted by molar-refractivity contribution is 0.161. The Hall–Kier alpha value is -1.51. The summed E-state index contributed by atoms with van der Waals surface area (Å²) in [4.78, 5) is 11.1. The number of hydrogen-bond acceptors (Lipinski definition) is 2. The second-order valence-corrected chi connectivity index (χ2v) is 2.96. The molecular weight excluding hydrogens is 178 g/mol. The number of carbonyl (C=O) groups is 1. The Morgan fingerprint density at radius 2 is 2.07 bits per heavy atom. The minimum atomic E-state index is -0.413. The van der Waals surface area contributed by atoms with Crippen LogP contribution in [0.5, 0.6) is 0 Å². The summed E-state index contributed by atoms with van der Waals surface area (Å²) in [6, 6.07) is 7.23. The molecule has 75 valence electrons. The van der Waals surface area contributed by atoms with Gasteiger partial charge in [-0.2, -0.15) is 0 Å². The minimum Gasteiger partial charge on any atom is -0.449 e. The van der Waals surface area contributed by atoms with Gasteiger partial charge in [0.1, 0.15) is 0 Å². The molecule has 0 spiro atoms. The molecule has 1 amide bonds. The quantitative estimate of drug-likeness (QED) is 0.799. The molecule has 1 radical (unpaired) electrons. The van der Waals surface area contributed by atoms with E-state index in [0.29, 0.717) is 6.61 Å². The normalized spacial score (nSPS) is 9.57. The number of amides is 1. The highest BCUT2D eigenvalue weighted by atomic mass is 16.5. The lowest BCUT2D eigenvalue weighted by Gasteiger charge is -2.05. The lowest BCUT2D eigenvalue weighted by Crippen LogP contribution is -2.13. The van der Waals surface area contributed by atoms with Crippen molar-refractivity contribution in [2.75, 3.05) is 11.9 Å². The summed E-state index contributed by atoms with van der Waals surface area (Å²) < 4.78 is 4.86. The minimum absolute atomic E-state index is 0.413. The van der Waals surface area contributed by atoms with Crippen LogP contribution >= 0.6 is 0 Å². The number of nitrogens with one attached hydrogen (secondary N) is 1. The monoisotopic (exact) mass is 192 g/mol. The molecule has 0 aliphatic rings. The van der Waals surface area contributed by atoms with Crippen molar-refractivity contribution in [2.45, 2.75) is 13.3 Å². The molecule has 0 unspecified atom stereocenters. The fourth-order valence-corrected chi connectivity index (χ4v) is 0.937. The summed E-state index contributed by atoms with van der Waals surface area (Å²) in [5, 5.41) is 2.62. The number of anilines is 1. The summed E-state index contributed by atoms with van der Waals surface area (Å²) in [5.74, 6) is 0. The average molecular weight is 192 g/mol. The van der Waals surface area contributed by atoms with E-state index in [9.17, 15) is 4.79 Å². The van der Waals surface area contributed by atoms with E-state index >= 15 is 0 Å². The van der Waals surface area contributed by atoms with Crippen LogP contribution in [0.4, 0.5) is 10.5 Å². The van der Waals surface area contributed by atoms with Gasteiger partial charge in [-0.05, 0) is 31.0 Å². The Labute approximate surface area is 84.1 Å². The van der Waals surface area contributed by atoms with Crippen LogP contribution < -0.4 is 5.32 Å². The molecule has 0 fully saturated rings. The SMILES string of the molecule is [CH2]c1ccc(NC(=O)OCCC)cc1. The van der Waals surface area contributed by atoms with Crippen molar-refractivity contribution < 1.29 is 9.53 Å². The molecule has 1 rings (SSSR count). The van der Waals surface area contributed by atoms with Gasteiger partial charge in [-0.15, -0.1) is 0 Å². The largest absolute Gasteiger partial charge is 0.449 e. The number of rotatable bonds is 3. The zero-order chi connectivity index (χ0) is 10.4. The maximum Gasteiger partial charge on any atom is 0.411 e. The molecule has 0 aliphatic heterocycles. The molecule has 14 heavy (non-hydrogen) atoms. The van der Waals surface area contributed by atoms with Crippen LogP contribution in [0.2, 0.25) is 0 Å². The summed E-state index contributed by atoms with van der Waals surface area (Å²) in [7, 11) is 0. The van der Waals surface area contributed by atoms with E-state index in [4.69, 9.17) is 4.74 Å². The van der Waals surface area contributed by atoms with Crippen LogP contribution in [0.3, 0.4) is 0 Å². The first-order chi connectivity index (χ1) is 6.72. The Morgan fingerprint density at radius 1 is 1.43 bits per heavy atom. The van der Waals surface area contributed by atoms with Gasteiger partial charge < -0.3 is 4.74 Å². The predicted octanol–water partition coefficient (Wildman–Crippen LogP) is 2.83. The van der Waals surface area contributed by atoms with Crippen LogP contribution in [0, 0.1) is 6.92 Å². The van der Waals surface area contributed by atoms with Crippen LogP contribution in [-0.2, 0) is 4.74 Å². The van der Waals surface area contributed by atoms with Gasteiger partial charge in [-0.3, -0.25) is 5.32 Å². The molecule has 0 saturated carbocycles. The summed E-state index contributed by atoms with van der Waals surface area (Å²) in [6.07, 6.45) is 0.411. The zero-order valence-corrected chi connectivity index (χ0v) is 8.25. The number of ether oxygens (including phenoxy) is 1. The maximum absolute atomic E-state index is 11.1. The Kier molecular flexibility index (Phi) is 3.98. The van der Waals surface area contributed by atoms with Crippen molar-refractivity contribution in [1.29, 1.82) is 0 Å². The van der Waals surface area contributed by atoms with E-state index in [1.165, 1.54) is 0 Å². The van der Waals surface area contributed by atoms with E-state index in [2.05, 4.69) is 12.2 Å². The molecule has 1 N–H and O–H groups in total. The lowest BCUT2D eigenvalue weighted by atomic mass is 10.2. The molecule has 3 nitrogen and oxygen atoms in total. The Balaban J connectivity index is 2.44. The molecule has 0 aliphatic carbocycles. The highest BCUT2D eigenvalue weighted by molar-refractivity contribution is 5.84. The van der Waals surface area contributed by atoms with Crippen molar-refractivity contribution >= 4 is 11.8 Å². The zero-order valence-electron chi connectivity index (χ0n) is 8.25. The fourth-order valence-electron chi connectivity index (χ4n) is 0.937. The molecule has 1 aromatic rings. The summed E-state index contributed by atoms with van der Waals surface area (Å²) in [5.41, 5.74) is 1.64. The Morgan fingerprint density at radius 3 is 2.64 bits per heavy atom. The number of benzene rings is 1. The predicted molar refractivity (Wildman–Crippen MR) is 56.2 cm³/mol. The third-order valence-electron chi connectivity index (χ3n) is 1.64. The van der Waals surface area contributed by atoms with Gasteiger partial charge in [0, 0.05) is 5.69 Å². The Bertz CT molecular complexity index is 293. The topological polar surface area (TPSA) is 38.3 Å². The van der Waals surface area contributed by atoms with Crippen LogP contribution in [0.25, 0.3) is 0 Å². The molecule has 0 bridgehead atoms. The molecule has 0 saturated heterocycles. The van der Waals surface area contributed by atoms with Crippen molar-refractivity contribution in [3.8, 4) is 0 Å². The second-order valence-electron chi connectivity index (χ2n) is 2.96. The molecule has 0 heterocycles. The third kappa shape index (κ3) is 3.47. The van der Waals surface area contributed by atoms with Crippen molar-refractivity contribution in [3.05, 3.63) is 36.8 Å². The third-order valence-corrected chi connectivity index (χ3v) is 1.64.